The van der Waals surface area contributed by atoms with Gasteiger partial charge in [-0.2, -0.15) is 0 Å². The van der Waals surface area contributed by atoms with E-state index in [1.807, 2.05) is 55.5 Å². The van der Waals surface area contributed by atoms with Crippen LogP contribution in [0, 0.1) is 12.7 Å². The molecule has 0 saturated heterocycles. The Morgan fingerprint density at radius 2 is 1.79 bits per heavy atom. The molecule has 0 spiro atoms. The number of anilines is 1. The summed E-state index contributed by atoms with van der Waals surface area (Å²) in [5, 5.41) is 6.44. The number of halogens is 2. The van der Waals surface area contributed by atoms with E-state index in [2.05, 4.69) is 17.4 Å². The first kappa shape index (κ1) is 19.3. The number of fused-ring (bicyclic) bond motifs is 1. The van der Waals surface area contributed by atoms with E-state index < -0.39 is 0 Å². The van der Waals surface area contributed by atoms with Crippen LogP contribution in [0.25, 0.3) is 10.8 Å². The van der Waals surface area contributed by atoms with Gasteiger partial charge in [0.2, 0.25) is 0 Å². The maximum absolute atomic E-state index is 13.5. The van der Waals surface area contributed by atoms with E-state index >= 15 is 0 Å². The summed E-state index contributed by atoms with van der Waals surface area (Å²) < 4.78 is 19.6. The topological polar surface area (TPSA) is 21.3 Å². The van der Waals surface area contributed by atoms with Crippen LogP contribution in [0.15, 0.2) is 78.9 Å². The smallest absolute Gasteiger partial charge is 0.125 e. The Kier molecular flexibility index (Phi) is 5.68. The molecule has 146 valence electrons. The lowest BCUT2D eigenvalue weighted by Gasteiger charge is -2.16. The van der Waals surface area contributed by atoms with Crippen LogP contribution >= 0.6 is 11.6 Å². The molecule has 2 nitrogen and oxygen atoms in total. The molecule has 0 unspecified atom stereocenters. The van der Waals surface area contributed by atoms with Crippen LogP contribution in [-0.4, -0.2) is 0 Å². The van der Waals surface area contributed by atoms with Gasteiger partial charge in [-0.3, -0.25) is 0 Å². The lowest BCUT2D eigenvalue weighted by Crippen LogP contribution is -2.05. The van der Waals surface area contributed by atoms with Gasteiger partial charge in [0.05, 0.1) is 0 Å². The zero-order valence-electron chi connectivity index (χ0n) is 16.1. The largest absolute Gasteiger partial charge is 0.489 e. The quantitative estimate of drug-likeness (QED) is 0.368. The van der Waals surface area contributed by atoms with Crippen LogP contribution in [0.2, 0.25) is 5.02 Å². The Morgan fingerprint density at radius 1 is 0.931 bits per heavy atom. The number of ether oxygens (including phenoxy) is 1. The molecule has 0 fully saturated rings. The number of benzene rings is 4. The van der Waals surface area contributed by atoms with E-state index in [4.69, 9.17) is 16.3 Å². The number of rotatable bonds is 6. The molecule has 0 aliphatic rings. The van der Waals surface area contributed by atoms with Crippen LogP contribution in [-0.2, 0) is 13.2 Å². The van der Waals surface area contributed by atoms with Gasteiger partial charge in [0, 0.05) is 22.8 Å². The molecule has 4 aromatic rings. The lowest BCUT2D eigenvalue weighted by molar-refractivity contribution is 0.303. The average Bonchev–Trinajstić information content (AvgIpc) is 2.73. The number of aryl methyl sites for hydroxylation is 1. The fourth-order valence-electron chi connectivity index (χ4n) is 3.31. The van der Waals surface area contributed by atoms with Crippen molar-refractivity contribution in [2.45, 2.75) is 20.1 Å². The summed E-state index contributed by atoms with van der Waals surface area (Å²) in [6.07, 6.45) is 0. The minimum Gasteiger partial charge on any atom is -0.489 e. The first-order valence-electron chi connectivity index (χ1n) is 9.48. The van der Waals surface area contributed by atoms with Crippen molar-refractivity contribution >= 4 is 28.1 Å². The monoisotopic (exact) mass is 405 g/mol. The highest BCUT2D eigenvalue weighted by Gasteiger charge is 2.10. The normalized spacial score (nSPS) is 10.9. The summed E-state index contributed by atoms with van der Waals surface area (Å²) >= 11 is 6.26. The highest BCUT2D eigenvalue weighted by Crippen LogP contribution is 2.30. The van der Waals surface area contributed by atoms with E-state index in [1.165, 1.54) is 12.1 Å². The molecule has 29 heavy (non-hydrogen) atoms. The fraction of sp³-hybridized carbons (Fsp3) is 0.120. The summed E-state index contributed by atoms with van der Waals surface area (Å²) in [6.45, 7) is 2.87. The Hall–Kier alpha value is -3.04. The molecule has 0 aliphatic heterocycles. The van der Waals surface area contributed by atoms with Crippen molar-refractivity contribution in [2.24, 2.45) is 0 Å². The molecule has 0 amide bonds. The predicted octanol–water partition coefficient (Wildman–Crippen LogP) is 7.13. The van der Waals surface area contributed by atoms with Gasteiger partial charge in [-0.1, -0.05) is 60.1 Å². The highest BCUT2D eigenvalue weighted by atomic mass is 35.5. The summed E-state index contributed by atoms with van der Waals surface area (Å²) in [5.41, 5.74) is 3.84. The van der Waals surface area contributed by atoms with Gasteiger partial charge in [-0.15, -0.1) is 0 Å². The summed E-state index contributed by atoms with van der Waals surface area (Å²) in [7, 11) is 0. The second-order valence-corrected chi connectivity index (χ2v) is 7.41. The van der Waals surface area contributed by atoms with Crippen molar-refractivity contribution in [1.29, 1.82) is 0 Å². The van der Waals surface area contributed by atoms with Gasteiger partial charge in [0.1, 0.15) is 18.2 Å². The molecule has 0 aliphatic carbocycles. The summed E-state index contributed by atoms with van der Waals surface area (Å²) in [4.78, 5) is 0. The zero-order chi connectivity index (χ0) is 20.2. The molecule has 0 aromatic heterocycles. The Morgan fingerprint density at radius 3 is 2.62 bits per heavy atom. The van der Waals surface area contributed by atoms with E-state index in [9.17, 15) is 4.39 Å². The number of hydrogen-bond donors (Lipinski definition) is 1. The van der Waals surface area contributed by atoms with E-state index in [1.54, 1.807) is 6.07 Å². The van der Waals surface area contributed by atoms with Crippen LogP contribution in [0.1, 0.15) is 16.7 Å². The van der Waals surface area contributed by atoms with Crippen molar-refractivity contribution in [2.75, 3.05) is 5.32 Å². The molecule has 0 heterocycles. The van der Waals surface area contributed by atoms with Gasteiger partial charge in [-0.25, -0.2) is 4.39 Å². The first-order valence-corrected chi connectivity index (χ1v) is 9.86. The Bertz CT molecular complexity index is 1160. The Balaban J connectivity index is 1.62. The summed E-state index contributed by atoms with van der Waals surface area (Å²) in [6, 6.07) is 24.6. The van der Waals surface area contributed by atoms with E-state index in [-0.39, 0.29) is 5.82 Å². The first-order chi connectivity index (χ1) is 14.1. The molecule has 1 N–H and O–H groups in total. The van der Waals surface area contributed by atoms with Crippen molar-refractivity contribution in [3.8, 4) is 5.75 Å². The van der Waals surface area contributed by atoms with Crippen molar-refractivity contribution < 1.29 is 9.13 Å². The minimum absolute atomic E-state index is 0.261. The third kappa shape index (κ3) is 4.52. The lowest BCUT2D eigenvalue weighted by atomic mass is 10.0. The molecule has 4 rings (SSSR count). The van der Waals surface area contributed by atoms with E-state index in [0.29, 0.717) is 13.2 Å². The number of hydrogen-bond acceptors (Lipinski definition) is 2. The molecule has 0 atom stereocenters. The third-order valence-electron chi connectivity index (χ3n) is 4.92. The van der Waals surface area contributed by atoms with E-state index in [0.717, 1.165) is 43.9 Å². The predicted molar refractivity (Wildman–Crippen MR) is 118 cm³/mol. The Labute approximate surface area is 174 Å². The average molecular weight is 406 g/mol. The zero-order valence-corrected chi connectivity index (χ0v) is 16.8. The van der Waals surface area contributed by atoms with Crippen LogP contribution in [0.4, 0.5) is 10.1 Å². The van der Waals surface area contributed by atoms with Crippen LogP contribution in [0.5, 0.6) is 5.75 Å². The van der Waals surface area contributed by atoms with Crippen LogP contribution < -0.4 is 10.1 Å². The molecular weight excluding hydrogens is 385 g/mol. The standard InChI is InChI=1S/C25H21ClFNO/c1-17-9-11-21(14-24(17)26)28-15-23-22-8-3-2-6-19(22)10-12-25(23)29-16-18-5-4-7-20(27)13-18/h2-14,28H,15-16H2,1H3. The molecule has 4 heteroatoms. The molecular formula is C25H21ClFNO. The maximum Gasteiger partial charge on any atom is 0.125 e. The van der Waals surface area contributed by atoms with Gasteiger partial charge in [-0.05, 0) is 59.2 Å². The molecule has 4 aromatic carbocycles. The summed E-state index contributed by atoms with van der Waals surface area (Å²) in [5.74, 6) is 0.515. The molecule has 0 radical (unpaired) electrons. The van der Waals surface area contributed by atoms with Gasteiger partial charge in [0.15, 0.2) is 0 Å². The fourth-order valence-corrected chi connectivity index (χ4v) is 3.50. The number of nitrogens with one attached hydrogen (secondary N) is 1. The van der Waals surface area contributed by atoms with Crippen molar-refractivity contribution in [3.63, 3.8) is 0 Å². The molecule has 0 saturated carbocycles. The van der Waals surface area contributed by atoms with Gasteiger partial charge >= 0.3 is 0 Å². The maximum atomic E-state index is 13.5. The SMILES string of the molecule is Cc1ccc(NCc2c(OCc3cccc(F)c3)ccc3ccccc23)cc1Cl. The third-order valence-corrected chi connectivity index (χ3v) is 5.33. The second-order valence-electron chi connectivity index (χ2n) is 7.00. The van der Waals surface area contributed by atoms with Crippen molar-refractivity contribution in [3.05, 3.63) is 106 Å². The second kappa shape index (κ2) is 8.54. The van der Waals surface area contributed by atoms with Gasteiger partial charge in [0.25, 0.3) is 0 Å². The van der Waals surface area contributed by atoms with Gasteiger partial charge < -0.3 is 10.1 Å². The molecule has 0 bridgehead atoms. The van der Waals surface area contributed by atoms with Crippen molar-refractivity contribution in [1.82, 2.24) is 0 Å². The van der Waals surface area contributed by atoms with Crippen LogP contribution in [0.3, 0.4) is 0 Å². The minimum atomic E-state index is -0.261. The highest BCUT2D eigenvalue weighted by molar-refractivity contribution is 6.31.